The number of aliphatic hydroxyl groups excluding tert-OH is 2. The van der Waals surface area contributed by atoms with Gasteiger partial charge in [0.15, 0.2) is 12.1 Å². The molecular weight excluding hydrogens is 454 g/mol. The number of aliphatic hydroxyl groups is 2. The molecule has 1 unspecified atom stereocenters. The van der Waals surface area contributed by atoms with Crippen molar-refractivity contribution in [1.29, 1.82) is 0 Å². The predicted octanol–water partition coefficient (Wildman–Crippen LogP) is 3.99. The van der Waals surface area contributed by atoms with E-state index in [2.05, 4.69) is 4.98 Å². The van der Waals surface area contributed by atoms with Crippen molar-refractivity contribution < 1.29 is 29.3 Å². The zero-order valence-electron chi connectivity index (χ0n) is 20.2. The van der Waals surface area contributed by atoms with Gasteiger partial charge in [0.25, 0.3) is 0 Å². The molecule has 1 aromatic heterocycles. The van der Waals surface area contributed by atoms with Crippen LogP contribution in [0, 0.1) is 24.7 Å². The number of aromatic nitrogens is 1. The van der Waals surface area contributed by atoms with Crippen LogP contribution in [-0.2, 0) is 19.1 Å². The first kappa shape index (κ1) is 26.5. The van der Waals surface area contributed by atoms with Crippen molar-refractivity contribution in [3.63, 3.8) is 0 Å². The van der Waals surface area contributed by atoms with Crippen LogP contribution in [0.15, 0.2) is 35.3 Å². The van der Waals surface area contributed by atoms with E-state index in [1.54, 1.807) is 36.5 Å². The largest absolute Gasteiger partial charge is 0.457 e. The first-order valence-electron chi connectivity index (χ1n) is 11.8. The van der Waals surface area contributed by atoms with Gasteiger partial charge in [0, 0.05) is 30.1 Å². The standard InChI is InChI=1S/C26H35NO6S/c1-15-10-19-12-24(30)33-26(19)17(3)22(29)13-25(31)32-23(9-7-5-6-8-21(15)28)16(2)11-20-14-34-18(4)27-20/h5-8,11,14-15,17,19,22-24,26,29-30H,9-10,12-13H2,1-4H3/b7-5+,8-6+,16-11+/t15-,17+,19-,22-,23+,24?,26-/m1/s1. The maximum absolute atomic E-state index is 12.8. The molecule has 0 bridgehead atoms. The Balaban J connectivity index is 1.83. The number of ether oxygens (including phenoxy) is 2. The van der Waals surface area contributed by atoms with Crippen molar-refractivity contribution in [2.75, 3.05) is 0 Å². The Bertz CT molecular complexity index is 951. The molecule has 1 aromatic rings. The number of aryl methyl sites for hydroxylation is 1. The summed E-state index contributed by atoms with van der Waals surface area (Å²) in [5, 5.41) is 23.8. The fourth-order valence-electron chi connectivity index (χ4n) is 4.57. The normalized spacial score (nSPS) is 36.1. The second kappa shape index (κ2) is 12.0. The number of nitrogens with zero attached hydrogens (tertiary/aromatic N) is 1. The van der Waals surface area contributed by atoms with E-state index in [9.17, 15) is 19.8 Å². The minimum absolute atomic E-state index is 0.00282. The number of thiazole rings is 1. The Kier molecular flexibility index (Phi) is 9.36. The third kappa shape index (κ3) is 7.18. The number of allylic oxidation sites excluding steroid dienone is 3. The van der Waals surface area contributed by atoms with Gasteiger partial charge in [-0.3, -0.25) is 9.59 Å². The van der Waals surface area contributed by atoms with Gasteiger partial charge in [0.1, 0.15) is 6.10 Å². The first-order chi connectivity index (χ1) is 16.1. The van der Waals surface area contributed by atoms with Crippen molar-refractivity contribution in [1.82, 2.24) is 4.98 Å². The van der Waals surface area contributed by atoms with Crippen molar-refractivity contribution in [2.45, 2.75) is 78.0 Å². The van der Waals surface area contributed by atoms with E-state index in [1.165, 1.54) is 0 Å². The summed E-state index contributed by atoms with van der Waals surface area (Å²) in [5.74, 6) is -1.24. The highest BCUT2D eigenvalue weighted by Crippen LogP contribution is 2.37. The Morgan fingerprint density at radius 3 is 2.68 bits per heavy atom. The van der Waals surface area contributed by atoms with Gasteiger partial charge in [-0.15, -0.1) is 11.3 Å². The molecule has 1 saturated heterocycles. The van der Waals surface area contributed by atoms with Crippen LogP contribution in [0.25, 0.3) is 6.08 Å². The summed E-state index contributed by atoms with van der Waals surface area (Å²) in [6.07, 6.45) is 7.06. The quantitative estimate of drug-likeness (QED) is 0.605. The molecular formula is C26H35NO6S. The van der Waals surface area contributed by atoms with Crippen molar-refractivity contribution in [3.8, 4) is 0 Å². The van der Waals surface area contributed by atoms with Gasteiger partial charge < -0.3 is 19.7 Å². The number of carbonyl (C=O) groups excluding carboxylic acids is 2. The number of carbonyl (C=O) groups is 2. The van der Waals surface area contributed by atoms with Crippen LogP contribution in [-0.4, -0.2) is 51.6 Å². The number of cyclic esters (lactones) is 1. The Labute approximate surface area is 205 Å². The Hall–Kier alpha value is -2.13. The zero-order chi connectivity index (χ0) is 24.8. The molecule has 2 N–H and O–H groups in total. The molecule has 7 nitrogen and oxygen atoms in total. The number of fused-ring (bicyclic) bond motifs is 1. The molecule has 2 aliphatic rings. The predicted molar refractivity (Wildman–Crippen MR) is 131 cm³/mol. The van der Waals surface area contributed by atoms with Gasteiger partial charge in [-0.2, -0.15) is 0 Å². The molecule has 1 fully saturated rings. The lowest BCUT2D eigenvalue weighted by Gasteiger charge is -2.29. The molecule has 2 aliphatic heterocycles. The minimum atomic E-state index is -0.995. The van der Waals surface area contributed by atoms with Gasteiger partial charge in [-0.05, 0) is 43.9 Å². The fourth-order valence-corrected chi connectivity index (χ4v) is 5.14. The van der Waals surface area contributed by atoms with Gasteiger partial charge in [-0.25, -0.2) is 4.98 Å². The SMILES string of the molecule is C/C(=C\c1csc(C)n1)[C@@H]1C/C=C/C=C/C(=O)[C@H](C)C[C@@H]2CC(O)O[C@@H]2[C@@H](C)[C@H](O)CC(=O)O1. The summed E-state index contributed by atoms with van der Waals surface area (Å²) in [6, 6.07) is 0. The molecule has 0 saturated carbocycles. The van der Waals surface area contributed by atoms with Crippen LogP contribution >= 0.6 is 11.3 Å². The summed E-state index contributed by atoms with van der Waals surface area (Å²) in [6.45, 7) is 7.49. The van der Waals surface area contributed by atoms with Crippen molar-refractivity contribution in [3.05, 3.63) is 46.0 Å². The van der Waals surface area contributed by atoms with E-state index >= 15 is 0 Å². The van der Waals surface area contributed by atoms with Crippen LogP contribution in [0.5, 0.6) is 0 Å². The zero-order valence-corrected chi connectivity index (χ0v) is 21.0. The molecule has 0 aliphatic carbocycles. The van der Waals surface area contributed by atoms with Gasteiger partial charge in [-0.1, -0.05) is 32.1 Å². The molecule has 186 valence electrons. The Morgan fingerprint density at radius 1 is 1.21 bits per heavy atom. The third-order valence-electron chi connectivity index (χ3n) is 6.58. The van der Waals surface area contributed by atoms with Crippen LogP contribution in [0.4, 0.5) is 0 Å². The van der Waals surface area contributed by atoms with Crippen LogP contribution in [0.3, 0.4) is 0 Å². The highest BCUT2D eigenvalue weighted by atomic mass is 32.1. The van der Waals surface area contributed by atoms with E-state index < -0.39 is 36.5 Å². The van der Waals surface area contributed by atoms with E-state index in [0.717, 1.165) is 16.3 Å². The highest BCUT2D eigenvalue weighted by Gasteiger charge is 2.41. The smallest absolute Gasteiger partial charge is 0.309 e. The second-order valence-corrected chi connectivity index (χ2v) is 10.5. The lowest BCUT2D eigenvalue weighted by molar-refractivity contribution is -0.153. The second-order valence-electron chi connectivity index (χ2n) is 9.40. The highest BCUT2D eigenvalue weighted by molar-refractivity contribution is 7.09. The monoisotopic (exact) mass is 489 g/mol. The molecule has 7 atom stereocenters. The number of rotatable bonds is 2. The van der Waals surface area contributed by atoms with Crippen LogP contribution in [0.1, 0.15) is 57.2 Å². The van der Waals surface area contributed by atoms with Gasteiger partial charge >= 0.3 is 5.97 Å². The maximum Gasteiger partial charge on any atom is 0.309 e. The number of ketones is 1. The number of hydrogen-bond acceptors (Lipinski definition) is 8. The third-order valence-corrected chi connectivity index (χ3v) is 7.37. The van der Waals surface area contributed by atoms with E-state index in [-0.39, 0.29) is 24.0 Å². The molecule has 3 rings (SSSR count). The fraction of sp³-hybridized carbons (Fsp3) is 0.577. The van der Waals surface area contributed by atoms with Crippen LogP contribution < -0.4 is 0 Å². The van der Waals surface area contributed by atoms with Gasteiger partial charge in [0.2, 0.25) is 0 Å². The average Bonchev–Trinajstić information content (AvgIpc) is 3.35. The maximum atomic E-state index is 12.8. The topological polar surface area (TPSA) is 106 Å². The van der Waals surface area contributed by atoms with Crippen molar-refractivity contribution >= 4 is 29.2 Å². The van der Waals surface area contributed by atoms with E-state index in [0.29, 0.717) is 19.3 Å². The minimum Gasteiger partial charge on any atom is -0.457 e. The summed E-state index contributed by atoms with van der Waals surface area (Å²) in [7, 11) is 0. The van der Waals surface area contributed by atoms with E-state index in [1.807, 2.05) is 38.3 Å². The van der Waals surface area contributed by atoms with E-state index in [4.69, 9.17) is 9.47 Å². The number of hydrogen-bond donors (Lipinski definition) is 2. The summed E-state index contributed by atoms with van der Waals surface area (Å²) in [5.41, 5.74) is 1.64. The molecule has 8 heteroatoms. The number of esters is 1. The van der Waals surface area contributed by atoms with Crippen molar-refractivity contribution in [2.24, 2.45) is 17.8 Å². The lowest BCUT2D eigenvalue weighted by atomic mass is 9.81. The van der Waals surface area contributed by atoms with Crippen LogP contribution in [0.2, 0.25) is 0 Å². The molecule has 0 radical (unpaired) electrons. The Morgan fingerprint density at radius 2 is 1.97 bits per heavy atom. The summed E-state index contributed by atoms with van der Waals surface area (Å²) >= 11 is 1.55. The molecule has 0 spiro atoms. The molecule has 0 amide bonds. The first-order valence-corrected chi connectivity index (χ1v) is 12.7. The average molecular weight is 490 g/mol. The van der Waals surface area contributed by atoms with Gasteiger partial charge in [0.05, 0.1) is 29.3 Å². The lowest BCUT2D eigenvalue weighted by Crippen LogP contribution is -2.36. The summed E-state index contributed by atoms with van der Waals surface area (Å²) in [4.78, 5) is 29.8. The molecule has 3 heterocycles. The summed E-state index contributed by atoms with van der Waals surface area (Å²) < 4.78 is 11.4. The molecule has 34 heavy (non-hydrogen) atoms. The molecule has 0 aromatic carbocycles.